The largest absolute Gasteiger partial charge is 0.295 e. The van der Waals surface area contributed by atoms with Gasteiger partial charge >= 0.3 is 0 Å². The molecular weight excluding hydrogens is 276 g/mol. The lowest BCUT2D eigenvalue weighted by atomic mass is 10.3. The van der Waals surface area contributed by atoms with Crippen molar-refractivity contribution in [3.8, 4) is 0 Å². The summed E-state index contributed by atoms with van der Waals surface area (Å²) in [4.78, 5) is 17.6. The Morgan fingerprint density at radius 2 is 2.40 bits per heavy atom. The molecule has 1 fully saturated rings. The maximum atomic E-state index is 11.6. The van der Waals surface area contributed by atoms with Crippen LogP contribution in [0.4, 0.5) is 5.82 Å². The standard InChI is InChI=1S/C10H11BrN2OS/c1-6-2-7(11)4-12-10(6)13-5-8(15)3-9(13)14/h2,4,8,15H,3,5H2,1H3. The van der Waals surface area contributed by atoms with E-state index in [-0.39, 0.29) is 11.2 Å². The van der Waals surface area contributed by atoms with E-state index in [0.717, 1.165) is 15.9 Å². The van der Waals surface area contributed by atoms with Crippen molar-refractivity contribution in [2.75, 3.05) is 11.4 Å². The van der Waals surface area contributed by atoms with E-state index < -0.39 is 0 Å². The number of nitrogens with zero attached hydrogens (tertiary/aromatic N) is 2. The van der Waals surface area contributed by atoms with Gasteiger partial charge in [0.25, 0.3) is 0 Å². The molecule has 5 heteroatoms. The highest BCUT2D eigenvalue weighted by atomic mass is 79.9. The lowest BCUT2D eigenvalue weighted by Crippen LogP contribution is -2.26. The van der Waals surface area contributed by atoms with Crippen molar-refractivity contribution in [3.63, 3.8) is 0 Å². The topological polar surface area (TPSA) is 33.2 Å². The van der Waals surface area contributed by atoms with Gasteiger partial charge in [0.1, 0.15) is 5.82 Å². The fourth-order valence-corrected chi connectivity index (χ4v) is 2.47. The van der Waals surface area contributed by atoms with E-state index in [4.69, 9.17) is 0 Å². The number of thiol groups is 1. The zero-order valence-electron chi connectivity index (χ0n) is 8.27. The monoisotopic (exact) mass is 286 g/mol. The molecule has 1 saturated heterocycles. The van der Waals surface area contributed by atoms with Crippen molar-refractivity contribution in [2.24, 2.45) is 0 Å². The van der Waals surface area contributed by atoms with Gasteiger partial charge < -0.3 is 0 Å². The second kappa shape index (κ2) is 4.14. The number of pyridine rings is 1. The van der Waals surface area contributed by atoms with Crippen LogP contribution in [0, 0.1) is 6.92 Å². The zero-order chi connectivity index (χ0) is 11.0. The van der Waals surface area contributed by atoms with Gasteiger partial charge in [0.2, 0.25) is 5.91 Å². The summed E-state index contributed by atoms with van der Waals surface area (Å²) in [6, 6.07) is 1.96. The fraction of sp³-hybridized carbons (Fsp3) is 0.400. The number of carbonyl (C=O) groups is 1. The molecule has 1 aliphatic heterocycles. The average Bonchev–Trinajstić information content (AvgIpc) is 2.45. The number of carbonyl (C=O) groups excluding carboxylic acids is 1. The van der Waals surface area contributed by atoms with Crippen molar-refractivity contribution in [1.82, 2.24) is 4.98 Å². The van der Waals surface area contributed by atoms with E-state index in [9.17, 15) is 4.79 Å². The quantitative estimate of drug-likeness (QED) is 0.803. The van der Waals surface area contributed by atoms with E-state index in [1.54, 1.807) is 11.1 Å². The minimum absolute atomic E-state index is 0.105. The predicted octanol–water partition coefficient (Wildman–Crippen LogP) is 2.19. The van der Waals surface area contributed by atoms with Crippen LogP contribution in [0.3, 0.4) is 0 Å². The highest BCUT2D eigenvalue weighted by molar-refractivity contribution is 9.10. The third-order valence-corrected chi connectivity index (χ3v) is 3.16. The first-order valence-corrected chi connectivity index (χ1v) is 5.99. The number of hydrogen-bond acceptors (Lipinski definition) is 3. The molecule has 1 aromatic rings. The average molecular weight is 287 g/mol. The molecule has 3 nitrogen and oxygen atoms in total. The molecular formula is C10H11BrN2OS. The molecule has 15 heavy (non-hydrogen) atoms. The molecule has 2 heterocycles. The fourth-order valence-electron chi connectivity index (χ4n) is 1.71. The Bertz CT molecular complexity index is 410. The number of aryl methyl sites for hydroxylation is 1. The number of anilines is 1. The van der Waals surface area contributed by atoms with Crippen LogP contribution < -0.4 is 4.90 Å². The summed E-state index contributed by atoms with van der Waals surface area (Å²) in [6.45, 7) is 2.60. The summed E-state index contributed by atoms with van der Waals surface area (Å²) in [7, 11) is 0. The molecule has 0 aliphatic carbocycles. The van der Waals surface area contributed by atoms with Crippen molar-refractivity contribution in [1.29, 1.82) is 0 Å². The maximum absolute atomic E-state index is 11.6. The maximum Gasteiger partial charge on any atom is 0.229 e. The van der Waals surface area contributed by atoms with Gasteiger partial charge in [-0.05, 0) is 34.5 Å². The molecule has 2 rings (SSSR count). The molecule has 0 spiro atoms. The summed E-state index contributed by atoms with van der Waals surface area (Å²) >= 11 is 7.67. The van der Waals surface area contributed by atoms with Crippen LogP contribution in [0.15, 0.2) is 16.7 Å². The van der Waals surface area contributed by atoms with E-state index >= 15 is 0 Å². The second-order valence-electron chi connectivity index (χ2n) is 3.66. The highest BCUT2D eigenvalue weighted by Gasteiger charge is 2.29. The Morgan fingerprint density at radius 1 is 1.67 bits per heavy atom. The second-order valence-corrected chi connectivity index (χ2v) is 5.30. The Kier molecular flexibility index (Phi) is 3.02. The summed E-state index contributed by atoms with van der Waals surface area (Å²) < 4.78 is 0.929. The number of rotatable bonds is 1. The molecule has 0 saturated carbocycles. The van der Waals surface area contributed by atoms with Gasteiger partial charge in [0.05, 0.1) is 0 Å². The first-order chi connectivity index (χ1) is 7.08. The Morgan fingerprint density at radius 3 is 2.93 bits per heavy atom. The zero-order valence-corrected chi connectivity index (χ0v) is 10.8. The third kappa shape index (κ3) is 2.18. The summed E-state index contributed by atoms with van der Waals surface area (Å²) in [5, 5.41) is 0.127. The van der Waals surface area contributed by atoms with E-state index in [0.29, 0.717) is 13.0 Å². The first-order valence-electron chi connectivity index (χ1n) is 4.68. The lowest BCUT2D eigenvalue weighted by molar-refractivity contribution is -0.117. The summed E-state index contributed by atoms with van der Waals surface area (Å²) in [5.74, 6) is 0.854. The predicted molar refractivity (Wildman–Crippen MR) is 66.4 cm³/mol. The number of halogens is 1. The molecule has 80 valence electrons. The highest BCUT2D eigenvalue weighted by Crippen LogP contribution is 2.26. The Hall–Kier alpha value is -0.550. The van der Waals surface area contributed by atoms with Crippen LogP contribution in [0.25, 0.3) is 0 Å². The normalized spacial score (nSPS) is 21.1. The van der Waals surface area contributed by atoms with Gasteiger partial charge in [-0.15, -0.1) is 0 Å². The van der Waals surface area contributed by atoms with E-state index in [1.165, 1.54) is 0 Å². The van der Waals surface area contributed by atoms with Crippen molar-refractivity contribution < 1.29 is 4.79 Å². The molecule has 1 atom stereocenters. The van der Waals surface area contributed by atoms with Gasteiger partial charge in [-0.1, -0.05) is 0 Å². The Balaban J connectivity index is 2.34. The van der Waals surface area contributed by atoms with Crippen LogP contribution >= 0.6 is 28.6 Å². The Labute approximate surface area is 102 Å². The molecule has 1 aliphatic rings. The van der Waals surface area contributed by atoms with Crippen LogP contribution in [0.5, 0.6) is 0 Å². The van der Waals surface area contributed by atoms with Gasteiger partial charge in [-0.2, -0.15) is 12.6 Å². The first kappa shape index (κ1) is 11.0. The third-order valence-electron chi connectivity index (χ3n) is 2.38. The van der Waals surface area contributed by atoms with Gasteiger partial charge in [-0.3, -0.25) is 9.69 Å². The van der Waals surface area contributed by atoms with Crippen molar-refractivity contribution in [3.05, 3.63) is 22.3 Å². The molecule has 1 unspecified atom stereocenters. The molecule has 0 aromatic carbocycles. The van der Waals surface area contributed by atoms with Gasteiger partial charge in [-0.25, -0.2) is 4.98 Å². The van der Waals surface area contributed by atoms with Gasteiger partial charge in [0.15, 0.2) is 0 Å². The van der Waals surface area contributed by atoms with Crippen LogP contribution in [0.2, 0.25) is 0 Å². The molecule has 1 aromatic heterocycles. The summed E-state index contributed by atoms with van der Waals surface area (Å²) in [6.07, 6.45) is 2.21. The van der Waals surface area contributed by atoms with Crippen molar-refractivity contribution in [2.45, 2.75) is 18.6 Å². The van der Waals surface area contributed by atoms with Crippen molar-refractivity contribution >= 4 is 40.3 Å². The molecule has 0 radical (unpaired) electrons. The molecule has 1 amide bonds. The van der Waals surface area contributed by atoms with Crippen LogP contribution in [-0.2, 0) is 4.79 Å². The number of aromatic nitrogens is 1. The number of amides is 1. The van der Waals surface area contributed by atoms with Gasteiger partial charge in [0, 0.05) is 28.9 Å². The SMILES string of the molecule is Cc1cc(Br)cnc1N1CC(S)CC1=O. The lowest BCUT2D eigenvalue weighted by Gasteiger charge is -2.17. The number of hydrogen-bond donors (Lipinski definition) is 1. The smallest absolute Gasteiger partial charge is 0.229 e. The minimum atomic E-state index is 0.105. The minimum Gasteiger partial charge on any atom is -0.295 e. The van der Waals surface area contributed by atoms with E-state index in [2.05, 4.69) is 33.5 Å². The summed E-state index contributed by atoms with van der Waals surface area (Å²) in [5.41, 5.74) is 1.00. The molecule has 0 bridgehead atoms. The molecule has 0 N–H and O–H groups in total. The van der Waals surface area contributed by atoms with E-state index in [1.807, 2.05) is 13.0 Å². The van der Waals surface area contributed by atoms with Crippen LogP contribution in [-0.4, -0.2) is 22.7 Å². The van der Waals surface area contributed by atoms with Crippen LogP contribution in [0.1, 0.15) is 12.0 Å².